The van der Waals surface area contributed by atoms with Crippen LogP contribution >= 0.6 is 35.3 Å². The Hall–Kier alpha value is -0.900. The molecule has 0 spiro atoms. The van der Waals surface area contributed by atoms with E-state index in [-0.39, 0.29) is 35.9 Å². The molecule has 1 rings (SSSR count). The van der Waals surface area contributed by atoms with Gasteiger partial charge in [0.05, 0.1) is 19.6 Å². The number of guanidine groups is 1. The van der Waals surface area contributed by atoms with E-state index in [9.17, 15) is 4.79 Å². The Morgan fingerprint density at radius 2 is 2.25 bits per heavy atom. The Kier molecular flexibility index (Phi) is 9.47. The number of esters is 1. The highest BCUT2D eigenvalue weighted by Gasteiger charge is 2.13. The van der Waals surface area contributed by atoms with Crippen LogP contribution in [0.1, 0.15) is 16.8 Å². The second kappa shape index (κ2) is 9.92. The maximum Gasteiger partial charge on any atom is 0.310 e. The molecule has 0 saturated carbocycles. The molecule has 0 saturated heterocycles. The lowest BCUT2D eigenvalue weighted by atomic mass is 10.2. The Bertz CT molecular complexity index is 450. The number of methoxy groups -OCH3 is 1. The molecule has 6 nitrogen and oxygen atoms in total. The smallest absolute Gasteiger partial charge is 0.310 e. The first-order valence-electron chi connectivity index (χ1n) is 6.00. The molecule has 0 aliphatic rings. The lowest BCUT2D eigenvalue weighted by Crippen LogP contribution is -2.40. The molecular weight excluding hydrogens is 391 g/mol. The SMILES string of the molecule is CN=C(NCc1ncc(C)s1)NCC(C)C(=O)OC.I. The van der Waals surface area contributed by atoms with Crippen molar-refractivity contribution < 1.29 is 9.53 Å². The lowest BCUT2D eigenvalue weighted by Gasteiger charge is -2.14. The quantitative estimate of drug-likeness (QED) is 0.332. The summed E-state index contributed by atoms with van der Waals surface area (Å²) in [4.78, 5) is 20.8. The fourth-order valence-electron chi connectivity index (χ4n) is 1.40. The number of hydrogen-bond acceptors (Lipinski definition) is 5. The number of nitrogens with zero attached hydrogens (tertiary/aromatic N) is 2. The van der Waals surface area contributed by atoms with Gasteiger partial charge in [-0.05, 0) is 6.92 Å². The van der Waals surface area contributed by atoms with E-state index in [1.807, 2.05) is 13.1 Å². The standard InChI is InChI=1S/C12H20N4O2S.HI/c1-8(11(17)18-4)5-15-12(13-3)16-7-10-14-6-9(2)19-10;/h6,8H,5,7H2,1-4H3,(H2,13,15,16);1H. The van der Waals surface area contributed by atoms with E-state index in [4.69, 9.17) is 0 Å². The van der Waals surface area contributed by atoms with Crippen molar-refractivity contribution in [3.8, 4) is 0 Å². The van der Waals surface area contributed by atoms with Gasteiger partial charge < -0.3 is 15.4 Å². The predicted molar refractivity (Wildman–Crippen MR) is 91.6 cm³/mol. The molecule has 1 aromatic heterocycles. The zero-order valence-corrected chi connectivity index (χ0v) is 15.2. The number of aliphatic imine (C=N–C) groups is 1. The van der Waals surface area contributed by atoms with Crippen LogP contribution < -0.4 is 10.6 Å². The fourth-order valence-corrected chi connectivity index (χ4v) is 2.12. The molecule has 1 atom stereocenters. The van der Waals surface area contributed by atoms with Crippen LogP contribution in [-0.4, -0.2) is 37.6 Å². The molecule has 2 N–H and O–H groups in total. The van der Waals surface area contributed by atoms with Crippen molar-refractivity contribution in [1.82, 2.24) is 15.6 Å². The number of hydrogen-bond donors (Lipinski definition) is 2. The number of ether oxygens (including phenoxy) is 1. The lowest BCUT2D eigenvalue weighted by molar-refractivity contribution is -0.144. The summed E-state index contributed by atoms with van der Waals surface area (Å²) in [5.74, 6) is 0.188. The number of halogens is 1. The van der Waals surface area contributed by atoms with Gasteiger partial charge in [0.15, 0.2) is 5.96 Å². The molecule has 0 radical (unpaired) electrons. The highest BCUT2D eigenvalue weighted by Crippen LogP contribution is 2.10. The van der Waals surface area contributed by atoms with Crippen molar-refractivity contribution >= 4 is 47.2 Å². The van der Waals surface area contributed by atoms with Crippen LogP contribution in [0.15, 0.2) is 11.2 Å². The minimum atomic E-state index is -0.237. The second-order valence-electron chi connectivity index (χ2n) is 4.10. The molecule has 0 fully saturated rings. The van der Waals surface area contributed by atoms with Gasteiger partial charge in [0, 0.05) is 24.7 Å². The van der Waals surface area contributed by atoms with Crippen LogP contribution in [0.25, 0.3) is 0 Å². The number of rotatable bonds is 5. The van der Waals surface area contributed by atoms with Gasteiger partial charge in [0.25, 0.3) is 0 Å². The Morgan fingerprint density at radius 1 is 1.55 bits per heavy atom. The third-order valence-electron chi connectivity index (χ3n) is 2.48. The van der Waals surface area contributed by atoms with Gasteiger partial charge in [-0.3, -0.25) is 9.79 Å². The topological polar surface area (TPSA) is 75.6 Å². The maximum absolute atomic E-state index is 11.3. The van der Waals surface area contributed by atoms with Crippen LogP contribution in [0, 0.1) is 12.8 Å². The molecule has 0 aliphatic heterocycles. The molecular formula is C12H21IN4O2S. The number of aryl methyl sites for hydroxylation is 1. The van der Waals surface area contributed by atoms with E-state index in [1.165, 1.54) is 12.0 Å². The monoisotopic (exact) mass is 412 g/mol. The van der Waals surface area contributed by atoms with Crippen molar-refractivity contribution in [3.05, 3.63) is 16.1 Å². The molecule has 0 aromatic carbocycles. The van der Waals surface area contributed by atoms with E-state index in [0.29, 0.717) is 19.0 Å². The minimum absolute atomic E-state index is 0. The van der Waals surface area contributed by atoms with E-state index in [2.05, 4.69) is 25.3 Å². The number of carbonyl (C=O) groups is 1. The molecule has 0 amide bonds. The molecule has 1 aromatic rings. The van der Waals surface area contributed by atoms with Crippen LogP contribution in [0.5, 0.6) is 0 Å². The number of nitrogens with one attached hydrogen (secondary N) is 2. The summed E-state index contributed by atoms with van der Waals surface area (Å²) in [6.45, 7) is 4.91. The molecule has 114 valence electrons. The molecule has 0 aliphatic carbocycles. The normalized spacial score (nSPS) is 12.3. The van der Waals surface area contributed by atoms with Crippen molar-refractivity contribution in [2.24, 2.45) is 10.9 Å². The van der Waals surface area contributed by atoms with Crippen LogP contribution in [0.4, 0.5) is 0 Å². The zero-order valence-electron chi connectivity index (χ0n) is 12.1. The summed E-state index contributed by atoms with van der Waals surface area (Å²) in [5.41, 5.74) is 0. The fraction of sp³-hybridized carbons (Fsp3) is 0.583. The summed E-state index contributed by atoms with van der Waals surface area (Å²) < 4.78 is 4.66. The van der Waals surface area contributed by atoms with Crippen LogP contribution in [0.2, 0.25) is 0 Å². The van der Waals surface area contributed by atoms with E-state index in [0.717, 1.165) is 5.01 Å². The second-order valence-corrected chi connectivity index (χ2v) is 5.41. The van der Waals surface area contributed by atoms with E-state index in [1.54, 1.807) is 25.3 Å². The molecule has 1 unspecified atom stereocenters. The third-order valence-corrected chi connectivity index (χ3v) is 3.39. The largest absolute Gasteiger partial charge is 0.469 e. The summed E-state index contributed by atoms with van der Waals surface area (Å²) in [5, 5.41) is 7.22. The zero-order chi connectivity index (χ0) is 14.3. The van der Waals surface area contributed by atoms with Crippen molar-refractivity contribution in [1.29, 1.82) is 0 Å². The van der Waals surface area contributed by atoms with Gasteiger partial charge >= 0.3 is 5.97 Å². The van der Waals surface area contributed by atoms with Crippen LogP contribution in [-0.2, 0) is 16.1 Å². The highest BCUT2D eigenvalue weighted by atomic mass is 127. The average Bonchev–Trinajstić information content (AvgIpc) is 2.83. The summed E-state index contributed by atoms with van der Waals surface area (Å²) >= 11 is 1.64. The minimum Gasteiger partial charge on any atom is -0.469 e. The van der Waals surface area contributed by atoms with Crippen molar-refractivity contribution in [3.63, 3.8) is 0 Å². The summed E-state index contributed by atoms with van der Waals surface area (Å²) in [6, 6.07) is 0. The third kappa shape index (κ3) is 6.51. The van der Waals surface area contributed by atoms with E-state index >= 15 is 0 Å². The van der Waals surface area contributed by atoms with Gasteiger partial charge in [-0.1, -0.05) is 6.92 Å². The number of carbonyl (C=O) groups excluding carboxylic acids is 1. The average molecular weight is 412 g/mol. The molecule has 1 heterocycles. The highest BCUT2D eigenvalue weighted by molar-refractivity contribution is 14.0. The van der Waals surface area contributed by atoms with E-state index < -0.39 is 0 Å². The van der Waals surface area contributed by atoms with Gasteiger partial charge in [-0.15, -0.1) is 35.3 Å². The van der Waals surface area contributed by atoms with Gasteiger partial charge in [-0.25, -0.2) is 4.98 Å². The Balaban J connectivity index is 0.00000361. The van der Waals surface area contributed by atoms with Gasteiger partial charge in [-0.2, -0.15) is 0 Å². The molecule has 0 bridgehead atoms. The first-order valence-corrected chi connectivity index (χ1v) is 6.82. The van der Waals surface area contributed by atoms with Gasteiger partial charge in [0.1, 0.15) is 5.01 Å². The summed E-state index contributed by atoms with van der Waals surface area (Å²) in [6.07, 6.45) is 1.84. The first kappa shape index (κ1) is 19.1. The molecule has 8 heteroatoms. The number of aromatic nitrogens is 1. The van der Waals surface area contributed by atoms with Gasteiger partial charge in [0.2, 0.25) is 0 Å². The first-order chi connectivity index (χ1) is 9.06. The predicted octanol–water partition coefficient (Wildman–Crippen LogP) is 1.54. The molecule has 20 heavy (non-hydrogen) atoms. The number of thiazole rings is 1. The summed E-state index contributed by atoms with van der Waals surface area (Å²) in [7, 11) is 3.07. The van der Waals surface area contributed by atoms with Crippen molar-refractivity contribution in [2.75, 3.05) is 20.7 Å². The Morgan fingerprint density at radius 3 is 2.75 bits per heavy atom. The van der Waals surface area contributed by atoms with Crippen LogP contribution in [0.3, 0.4) is 0 Å². The maximum atomic E-state index is 11.3. The van der Waals surface area contributed by atoms with Crippen molar-refractivity contribution in [2.45, 2.75) is 20.4 Å². The Labute approximate surface area is 140 Å².